The number of nitrogens with one attached hydrogen (secondary N) is 1. The first-order valence-corrected chi connectivity index (χ1v) is 8.55. The Labute approximate surface area is 145 Å². The highest BCUT2D eigenvalue weighted by molar-refractivity contribution is 5.48. The molecule has 1 saturated heterocycles. The molecule has 0 bridgehead atoms. The van der Waals surface area contributed by atoms with Crippen molar-refractivity contribution in [3.05, 3.63) is 59.7 Å². The van der Waals surface area contributed by atoms with E-state index in [-0.39, 0.29) is 6.04 Å². The summed E-state index contributed by atoms with van der Waals surface area (Å²) in [5, 5.41) is 3.45. The van der Waals surface area contributed by atoms with E-state index >= 15 is 0 Å². The minimum absolute atomic E-state index is 0.262. The number of anilines is 1. The third kappa shape index (κ3) is 3.71. The molecule has 1 heterocycles. The van der Waals surface area contributed by atoms with Gasteiger partial charge in [-0.2, -0.15) is 0 Å². The van der Waals surface area contributed by atoms with E-state index in [9.17, 15) is 0 Å². The van der Waals surface area contributed by atoms with Crippen LogP contribution < -0.4 is 15.0 Å². The van der Waals surface area contributed by atoms with Crippen LogP contribution in [0.5, 0.6) is 5.75 Å². The Morgan fingerprint density at radius 3 is 2.33 bits per heavy atom. The Morgan fingerprint density at radius 2 is 1.71 bits per heavy atom. The first kappa shape index (κ1) is 16.8. The number of rotatable bonds is 5. The topological polar surface area (TPSA) is 27.7 Å². The molecule has 4 nitrogen and oxygen atoms in total. The predicted molar refractivity (Wildman–Crippen MR) is 100 cm³/mol. The SMILES string of the molecule is COc1cccc(C(c2ccc(N(C)C)cc2)N2CCNCC2)c1. The summed E-state index contributed by atoms with van der Waals surface area (Å²) in [5.41, 5.74) is 3.84. The molecule has 24 heavy (non-hydrogen) atoms. The molecule has 1 aliphatic heterocycles. The van der Waals surface area contributed by atoms with Crippen LogP contribution in [0.3, 0.4) is 0 Å². The summed E-state index contributed by atoms with van der Waals surface area (Å²) in [6, 6.07) is 17.6. The Balaban J connectivity index is 1.97. The quantitative estimate of drug-likeness (QED) is 0.915. The molecule has 2 aromatic rings. The van der Waals surface area contributed by atoms with Crippen molar-refractivity contribution in [3.8, 4) is 5.75 Å². The van der Waals surface area contributed by atoms with E-state index in [1.54, 1.807) is 7.11 Å². The van der Waals surface area contributed by atoms with E-state index in [2.05, 4.69) is 71.7 Å². The van der Waals surface area contributed by atoms with Crippen molar-refractivity contribution in [2.24, 2.45) is 0 Å². The van der Waals surface area contributed by atoms with Crippen molar-refractivity contribution >= 4 is 5.69 Å². The monoisotopic (exact) mass is 325 g/mol. The van der Waals surface area contributed by atoms with Gasteiger partial charge in [0.15, 0.2) is 0 Å². The van der Waals surface area contributed by atoms with Crippen LogP contribution in [0.25, 0.3) is 0 Å². The third-order valence-corrected chi connectivity index (χ3v) is 4.65. The van der Waals surface area contributed by atoms with E-state index in [1.165, 1.54) is 16.8 Å². The Hall–Kier alpha value is -2.04. The second-order valence-corrected chi connectivity index (χ2v) is 6.45. The Kier molecular flexibility index (Phi) is 5.38. The minimum Gasteiger partial charge on any atom is -0.497 e. The second-order valence-electron chi connectivity index (χ2n) is 6.45. The van der Waals surface area contributed by atoms with Gasteiger partial charge in [0.2, 0.25) is 0 Å². The third-order valence-electron chi connectivity index (χ3n) is 4.65. The lowest BCUT2D eigenvalue weighted by Gasteiger charge is -2.36. The maximum Gasteiger partial charge on any atom is 0.119 e. The van der Waals surface area contributed by atoms with Crippen molar-refractivity contribution < 1.29 is 4.74 Å². The molecule has 2 aromatic carbocycles. The van der Waals surface area contributed by atoms with E-state index < -0.39 is 0 Å². The molecule has 3 rings (SSSR count). The molecule has 1 aliphatic rings. The van der Waals surface area contributed by atoms with Crippen LogP contribution in [0.2, 0.25) is 0 Å². The highest BCUT2D eigenvalue weighted by atomic mass is 16.5. The molecule has 0 amide bonds. The number of ether oxygens (including phenoxy) is 1. The van der Waals surface area contributed by atoms with Crippen molar-refractivity contribution in [1.82, 2.24) is 10.2 Å². The molecular weight excluding hydrogens is 298 g/mol. The smallest absolute Gasteiger partial charge is 0.119 e. The summed E-state index contributed by atoms with van der Waals surface area (Å²) in [6.45, 7) is 4.18. The fourth-order valence-corrected chi connectivity index (χ4v) is 3.32. The van der Waals surface area contributed by atoms with Crippen molar-refractivity contribution in [2.75, 3.05) is 52.3 Å². The number of methoxy groups -OCH3 is 1. The van der Waals surface area contributed by atoms with Crippen molar-refractivity contribution in [2.45, 2.75) is 6.04 Å². The Bertz CT molecular complexity index is 648. The fourth-order valence-electron chi connectivity index (χ4n) is 3.32. The molecule has 1 fully saturated rings. The normalized spacial score (nSPS) is 16.6. The molecule has 128 valence electrons. The number of nitrogens with zero attached hydrogens (tertiary/aromatic N) is 2. The van der Waals surface area contributed by atoms with Crippen molar-refractivity contribution in [3.63, 3.8) is 0 Å². The lowest BCUT2D eigenvalue weighted by molar-refractivity contribution is 0.198. The van der Waals surface area contributed by atoms with Crippen LogP contribution in [0.1, 0.15) is 17.2 Å². The fraction of sp³-hybridized carbons (Fsp3) is 0.400. The largest absolute Gasteiger partial charge is 0.497 e. The highest BCUT2D eigenvalue weighted by Gasteiger charge is 2.24. The maximum absolute atomic E-state index is 5.44. The standard InChI is InChI=1S/C20H27N3O/c1-22(2)18-9-7-16(8-10-18)20(23-13-11-21-12-14-23)17-5-4-6-19(15-17)24-3/h4-10,15,20-21H,11-14H2,1-3H3. The second kappa shape index (κ2) is 7.69. The van der Waals surface area contributed by atoms with Gasteiger partial charge in [-0.05, 0) is 35.4 Å². The number of piperazine rings is 1. The van der Waals surface area contributed by atoms with Crippen LogP contribution in [0.15, 0.2) is 48.5 Å². The molecule has 0 aliphatic carbocycles. The average molecular weight is 325 g/mol. The number of benzene rings is 2. The first-order chi connectivity index (χ1) is 11.7. The summed E-state index contributed by atoms with van der Waals surface area (Å²) in [7, 11) is 5.88. The molecule has 4 heteroatoms. The van der Waals surface area contributed by atoms with Gasteiger partial charge in [-0.3, -0.25) is 4.90 Å². The van der Waals surface area contributed by atoms with Crippen LogP contribution >= 0.6 is 0 Å². The van der Waals surface area contributed by atoms with Crippen LogP contribution in [-0.4, -0.2) is 52.3 Å². The summed E-state index contributed by atoms with van der Waals surface area (Å²) in [4.78, 5) is 4.69. The predicted octanol–water partition coefficient (Wildman–Crippen LogP) is 2.76. The highest BCUT2D eigenvalue weighted by Crippen LogP contribution is 2.31. The van der Waals surface area contributed by atoms with Crippen LogP contribution in [-0.2, 0) is 0 Å². The zero-order valence-electron chi connectivity index (χ0n) is 14.8. The van der Waals surface area contributed by atoms with Gasteiger partial charge < -0.3 is 15.0 Å². The molecular formula is C20H27N3O. The van der Waals surface area contributed by atoms with Gasteiger partial charge in [-0.15, -0.1) is 0 Å². The van der Waals surface area contributed by atoms with E-state index in [1.807, 2.05) is 6.07 Å². The van der Waals surface area contributed by atoms with Crippen LogP contribution in [0.4, 0.5) is 5.69 Å². The summed E-state index contributed by atoms with van der Waals surface area (Å²) in [6.07, 6.45) is 0. The van der Waals surface area contributed by atoms with E-state index in [0.717, 1.165) is 31.9 Å². The maximum atomic E-state index is 5.44. The summed E-state index contributed by atoms with van der Waals surface area (Å²) >= 11 is 0. The molecule has 0 aromatic heterocycles. The van der Waals surface area contributed by atoms with Gasteiger partial charge in [-0.1, -0.05) is 24.3 Å². The lowest BCUT2D eigenvalue weighted by atomic mass is 9.96. The van der Waals surface area contributed by atoms with Gasteiger partial charge in [0, 0.05) is 46.0 Å². The van der Waals surface area contributed by atoms with Gasteiger partial charge >= 0.3 is 0 Å². The molecule has 1 atom stereocenters. The van der Waals surface area contributed by atoms with Gasteiger partial charge in [0.1, 0.15) is 5.75 Å². The molecule has 0 radical (unpaired) electrons. The minimum atomic E-state index is 0.262. The number of hydrogen-bond acceptors (Lipinski definition) is 4. The molecule has 1 N–H and O–H groups in total. The van der Waals surface area contributed by atoms with Crippen molar-refractivity contribution in [1.29, 1.82) is 0 Å². The van der Waals surface area contributed by atoms with Gasteiger partial charge in [0.05, 0.1) is 13.2 Å². The summed E-state index contributed by atoms with van der Waals surface area (Å²) in [5.74, 6) is 0.914. The molecule has 0 spiro atoms. The first-order valence-electron chi connectivity index (χ1n) is 8.55. The average Bonchev–Trinajstić information content (AvgIpc) is 2.63. The van der Waals surface area contributed by atoms with E-state index in [0.29, 0.717) is 0 Å². The zero-order chi connectivity index (χ0) is 16.9. The Morgan fingerprint density at radius 1 is 1.00 bits per heavy atom. The van der Waals surface area contributed by atoms with E-state index in [4.69, 9.17) is 4.74 Å². The molecule has 1 unspecified atom stereocenters. The lowest BCUT2D eigenvalue weighted by Crippen LogP contribution is -2.45. The van der Waals surface area contributed by atoms with Gasteiger partial charge in [-0.25, -0.2) is 0 Å². The number of hydrogen-bond donors (Lipinski definition) is 1. The van der Waals surface area contributed by atoms with Gasteiger partial charge in [0.25, 0.3) is 0 Å². The van der Waals surface area contributed by atoms with Crippen LogP contribution in [0, 0.1) is 0 Å². The summed E-state index contributed by atoms with van der Waals surface area (Å²) < 4.78 is 5.44. The molecule has 0 saturated carbocycles. The zero-order valence-corrected chi connectivity index (χ0v) is 14.8.